The summed E-state index contributed by atoms with van der Waals surface area (Å²) in [4.78, 5) is 40.6. The molecule has 7 heteroatoms. The summed E-state index contributed by atoms with van der Waals surface area (Å²) in [5.41, 5.74) is 3.56. The van der Waals surface area contributed by atoms with E-state index < -0.39 is 17.8 Å². The van der Waals surface area contributed by atoms with Crippen molar-refractivity contribution in [3.05, 3.63) is 88.2 Å². The number of nitrogens with zero attached hydrogens (tertiary/aromatic N) is 3. The minimum absolute atomic E-state index is 0.0784. The summed E-state index contributed by atoms with van der Waals surface area (Å²) in [5.74, 6) is -1.29. The summed E-state index contributed by atoms with van der Waals surface area (Å²) in [6.45, 7) is 3.82. The quantitative estimate of drug-likeness (QED) is 0.442. The molecule has 2 aromatic carbocycles. The molecule has 1 fully saturated rings. The molecule has 0 radical (unpaired) electrons. The summed E-state index contributed by atoms with van der Waals surface area (Å²) >= 11 is 6.38. The molecule has 1 aliphatic heterocycles. The molecule has 6 nitrogen and oxygen atoms in total. The van der Waals surface area contributed by atoms with Gasteiger partial charge in [-0.2, -0.15) is 0 Å². The van der Waals surface area contributed by atoms with Crippen LogP contribution >= 0.6 is 11.6 Å². The number of hydrogen-bond acceptors (Lipinski definition) is 3. The lowest BCUT2D eigenvalue weighted by Gasteiger charge is -2.31. The Morgan fingerprint density at radius 1 is 0.871 bits per heavy atom. The van der Waals surface area contributed by atoms with Gasteiger partial charge in [-0.15, -0.1) is 0 Å². The van der Waals surface area contributed by atoms with Gasteiger partial charge in [0.15, 0.2) is 0 Å². The van der Waals surface area contributed by atoms with Crippen LogP contribution in [0.1, 0.15) is 17.0 Å². The van der Waals surface area contributed by atoms with Crippen LogP contribution in [-0.2, 0) is 9.59 Å². The Morgan fingerprint density at radius 3 is 2.19 bits per heavy atom. The maximum absolute atomic E-state index is 13.2. The molecule has 1 saturated heterocycles. The average molecular weight is 434 g/mol. The van der Waals surface area contributed by atoms with E-state index in [1.165, 1.54) is 7.05 Å². The van der Waals surface area contributed by atoms with Crippen molar-refractivity contribution in [3.8, 4) is 5.69 Å². The Kier molecular flexibility index (Phi) is 5.25. The van der Waals surface area contributed by atoms with Crippen LogP contribution in [0.15, 0.2) is 66.2 Å². The predicted molar refractivity (Wildman–Crippen MR) is 120 cm³/mol. The second-order valence-electron chi connectivity index (χ2n) is 7.29. The van der Waals surface area contributed by atoms with Crippen LogP contribution in [0, 0.1) is 13.8 Å². The lowest BCUT2D eigenvalue weighted by Crippen LogP contribution is -2.55. The van der Waals surface area contributed by atoms with Crippen molar-refractivity contribution >= 4 is 41.2 Å². The van der Waals surface area contributed by atoms with Crippen LogP contribution < -0.4 is 4.90 Å². The van der Waals surface area contributed by atoms with Gasteiger partial charge in [0.2, 0.25) is 0 Å². The van der Waals surface area contributed by atoms with E-state index in [-0.39, 0.29) is 5.57 Å². The molecule has 0 atom stereocenters. The van der Waals surface area contributed by atoms with Crippen molar-refractivity contribution in [1.82, 2.24) is 9.47 Å². The van der Waals surface area contributed by atoms with Crippen molar-refractivity contribution < 1.29 is 14.4 Å². The fourth-order valence-electron chi connectivity index (χ4n) is 3.74. The molecular formula is C24H20ClN3O3. The monoisotopic (exact) mass is 433 g/mol. The lowest BCUT2D eigenvalue weighted by atomic mass is 10.1. The number of anilines is 1. The number of aromatic nitrogens is 1. The molecular weight excluding hydrogens is 414 g/mol. The van der Waals surface area contributed by atoms with Gasteiger partial charge in [-0.3, -0.25) is 14.5 Å². The highest BCUT2D eigenvalue weighted by Gasteiger charge is 2.41. The number of hydrogen-bond donors (Lipinski definition) is 0. The minimum Gasteiger partial charge on any atom is -0.316 e. The maximum Gasteiger partial charge on any atom is 0.338 e. The molecule has 1 aromatic heterocycles. The number of imide groups is 2. The molecule has 0 bridgehead atoms. The van der Waals surface area contributed by atoms with E-state index in [4.69, 9.17) is 11.6 Å². The van der Waals surface area contributed by atoms with Crippen LogP contribution in [0.4, 0.5) is 10.5 Å². The number of carbonyl (C=O) groups is 3. The highest BCUT2D eigenvalue weighted by molar-refractivity contribution is 6.39. The number of amides is 4. The standard InChI is InChI=1S/C24H20ClN3O3/c1-15-13-17(16(2)27(15)21-12-8-7-11-20(21)25)14-19-22(29)26(3)24(31)28(23(19)30)18-9-5-4-6-10-18/h4-14H,1-3H3/b19-14+. The number of benzene rings is 2. The minimum atomic E-state index is -0.681. The van der Waals surface area contributed by atoms with E-state index in [0.29, 0.717) is 16.3 Å². The number of carbonyl (C=O) groups excluding carboxylic acids is 3. The second kappa shape index (κ2) is 7.89. The fourth-order valence-corrected chi connectivity index (χ4v) is 3.96. The first-order chi connectivity index (χ1) is 14.8. The number of para-hydroxylation sites is 2. The SMILES string of the molecule is Cc1cc(/C=C2\C(=O)N(C)C(=O)N(c3ccccc3)C2=O)c(C)n1-c1ccccc1Cl. The summed E-state index contributed by atoms with van der Waals surface area (Å²) in [7, 11) is 1.37. The zero-order chi connectivity index (χ0) is 22.3. The Labute approximate surface area is 184 Å². The lowest BCUT2D eigenvalue weighted by molar-refractivity contribution is -0.128. The summed E-state index contributed by atoms with van der Waals surface area (Å²) in [5, 5.41) is 0.592. The summed E-state index contributed by atoms with van der Waals surface area (Å²) < 4.78 is 1.97. The molecule has 3 aromatic rings. The molecule has 0 saturated carbocycles. The van der Waals surface area contributed by atoms with Gasteiger partial charge < -0.3 is 4.57 Å². The Balaban J connectivity index is 1.82. The van der Waals surface area contributed by atoms with E-state index >= 15 is 0 Å². The number of urea groups is 1. The molecule has 31 heavy (non-hydrogen) atoms. The van der Waals surface area contributed by atoms with Crippen LogP contribution in [-0.4, -0.2) is 34.4 Å². The van der Waals surface area contributed by atoms with Crippen molar-refractivity contribution in [2.24, 2.45) is 0 Å². The molecule has 0 unspecified atom stereocenters. The predicted octanol–water partition coefficient (Wildman–Crippen LogP) is 4.76. The number of rotatable bonds is 3. The topological polar surface area (TPSA) is 62.6 Å². The summed E-state index contributed by atoms with van der Waals surface area (Å²) in [6, 6.07) is 17.2. The van der Waals surface area contributed by atoms with Crippen LogP contribution in [0.5, 0.6) is 0 Å². The van der Waals surface area contributed by atoms with Gasteiger partial charge >= 0.3 is 6.03 Å². The van der Waals surface area contributed by atoms with Crippen molar-refractivity contribution in [2.75, 3.05) is 11.9 Å². The van der Waals surface area contributed by atoms with Gasteiger partial charge in [-0.25, -0.2) is 9.69 Å². The van der Waals surface area contributed by atoms with Crippen molar-refractivity contribution in [2.45, 2.75) is 13.8 Å². The zero-order valence-corrected chi connectivity index (χ0v) is 18.1. The first-order valence-corrected chi connectivity index (χ1v) is 10.1. The third-order valence-electron chi connectivity index (χ3n) is 5.32. The zero-order valence-electron chi connectivity index (χ0n) is 17.3. The van der Waals surface area contributed by atoms with Gasteiger partial charge in [0.05, 0.1) is 16.4 Å². The molecule has 156 valence electrons. The molecule has 4 amide bonds. The number of halogens is 1. The highest BCUT2D eigenvalue weighted by atomic mass is 35.5. The second-order valence-corrected chi connectivity index (χ2v) is 7.70. The van der Waals surface area contributed by atoms with Crippen LogP contribution in [0.3, 0.4) is 0 Å². The highest BCUT2D eigenvalue weighted by Crippen LogP contribution is 2.29. The third kappa shape index (κ3) is 3.45. The molecule has 0 N–H and O–H groups in total. The number of likely N-dealkylation sites (N-methyl/N-ethyl adjacent to an activating group) is 1. The van der Waals surface area contributed by atoms with Gasteiger partial charge in [-0.1, -0.05) is 41.9 Å². The molecule has 0 aliphatic carbocycles. The Bertz CT molecular complexity index is 1240. The molecule has 4 rings (SSSR count). The summed E-state index contributed by atoms with van der Waals surface area (Å²) in [6.07, 6.45) is 1.54. The van der Waals surface area contributed by atoms with E-state index in [2.05, 4.69) is 0 Å². The molecule has 1 aliphatic rings. The van der Waals surface area contributed by atoms with Gasteiger partial charge in [0, 0.05) is 18.4 Å². The van der Waals surface area contributed by atoms with Crippen molar-refractivity contribution in [1.29, 1.82) is 0 Å². The Morgan fingerprint density at radius 2 is 1.52 bits per heavy atom. The molecule has 2 heterocycles. The smallest absolute Gasteiger partial charge is 0.316 e. The number of aryl methyl sites for hydroxylation is 1. The fraction of sp³-hybridized carbons (Fsp3) is 0.125. The van der Waals surface area contributed by atoms with Crippen LogP contribution in [0.2, 0.25) is 5.02 Å². The Hall–Kier alpha value is -3.64. The van der Waals surface area contributed by atoms with Gasteiger partial charge in [0.1, 0.15) is 5.57 Å². The van der Waals surface area contributed by atoms with E-state index in [1.54, 1.807) is 42.5 Å². The maximum atomic E-state index is 13.2. The number of barbiturate groups is 1. The molecule has 0 spiro atoms. The van der Waals surface area contributed by atoms with Crippen LogP contribution in [0.25, 0.3) is 11.8 Å². The van der Waals surface area contributed by atoms with E-state index in [9.17, 15) is 14.4 Å². The van der Waals surface area contributed by atoms with Gasteiger partial charge in [-0.05, 0) is 55.8 Å². The normalized spacial score (nSPS) is 15.9. The largest absolute Gasteiger partial charge is 0.338 e. The van der Waals surface area contributed by atoms with Gasteiger partial charge in [0.25, 0.3) is 11.8 Å². The third-order valence-corrected chi connectivity index (χ3v) is 5.64. The van der Waals surface area contributed by atoms with Crippen molar-refractivity contribution in [3.63, 3.8) is 0 Å². The first kappa shape index (κ1) is 20.6. The first-order valence-electron chi connectivity index (χ1n) is 9.68. The average Bonchev–Trinajstić information content (AvgIpc) is 3.04. The van der Waals surface area contributed by atoms with E-state index in [1.807, 2.05) is 42.7 Å². The van der Waals surface area contributed by atoms with E-state index in [0.717, 1.165) is 26.9 Å².